The molecule has 0 radical (unpaired) electrons. The Balaban J connectivity index is 1.96. The van der Waals surface area contributed by atoms with Gasteiger partial charge >= 0.3 is 0 Å². The molecule has 2 rings (SSSR count). The molecule has 94 valence electrons. The second kappa shape index (κ2) is 5.78. The van der Waals surface area contributed by atoms with E-state index in [9.17, 15) is 5.11 Å². The second-order valence-electron chi connectivity index (χ2n) is 4.79. The van der Waals surface area contributed by atoms with Crippen molar-refractivity contribution in [2.75, 3.05) is 6.26 Å². The molecule has 17 heavy (non-hydrogen) atoms. The molecule has 0 spiro atoms. The van der Waals surface area contributed by atoms with E-state index in [1.54, 1.807) is 12.1 Å². The zero-order chi connectivity index (χ0) is 12.3. The second-order valence-corrected chi connectivity index (χ2v) is 5.87. The van der Waals surface area contributed by atoms with Crippen molar-refractivity contribution < 1.29 is 5.11 Å². The zero-order valence-electron chi connectivity index (χ0n) is 10.5. The van der Waals surface area contributed by atoms with Crippen molar-refractivity contribution in [3.8, 4) is 5.75 Å². The van der Waals surface area contributed by atoms with Crippen molar-refractivity contribution in [3.63, 3.8) is 0 Å². The first-order valence-electron chi connectivity index (χ1n) is 6.28. The minimum Gasteiger partial charge on any atom is -0.508 e. The first-order chi connectivity index (χ1) is 8.20. The van der Waals surface area contributed by atoms with Crippen LogP contribution >= 0.6 is 11.8 Å². The van der Waals surface area contributed by atoms with E-state index in [0.29, 0.717) is 17.8 Å². The molecular formula is C14H21NOS. The number of hydrogen-bond donors (Lipinski definition) is 2. The maximum Gasteiger partial charge on any atom is 0.115 e. The Morgan fingerprint density at radius 1 is 1.29 bits per heavy atom. The van der Waals surface area contributed by atoms with Crippen molar-refractivity contribution in [1.29, 1.82) is 0 Å². The third-order valence-electron chi connectivity index (χ3n) is 3.61. The Morgan fingerprint density at radius 3 is 2.65 bits per heavy atom. The van der Waals surface area contributed by atoms with Crippen molar-refractivity contribution in [2.24, 2.45) is 0 Å². The van der Waals surface area contributed by atoms with Gasteiger partial charge in [0.25, 0.3) is 0 Å². The third kappa shape index (κ3) is 3.17. The van der Waals surface area contributed by atoms with E-state index in [4.69, 9.17) is 0 Å². The van der Waals surface area contributed by atoms with Gasteiger partial charge in [-0.1, -0.05) is 18.6 Å². The van der Waals surface area contributed by atoms with Crippen molar-refractivity contribution in [3.05, 3.63) is 29.8 Å². The summed E-state index contributed by atoms with van der Waals surface area (Å²) < 4.78 is 0. The van der Waals surface area contributed by atoms with E-state index >= 15 is 0 Å². The van der Waals surface area contributed by atoms with Crippen molar-refractivity contribution in [2.45, 2.75) is 43.5 Å². The molecular weight excluding hydrogens is 230 g/mol. The number of thioether (sulfide) groups is 1. The normalized spacial score (nSPS) is 26.0. The molecule has 1 aromatic rings. The minimum absolute atomic E-state index is 0.337. The highest BCUT2D eigenvalue weighted by molar-refractivity contribution is 7.99. The number of aromatic hydroxyl groups is 1. The van der Waals surface area contributed by atoms with Gasteiger partial charge in [-0.3, -0.25) is 0 Å². The fraction of sp³-hybridized carbons (Fsp3) is 0.571. The van der Waals surface area contributed by atoms with E-state index in [1.165, 1.54) is 24.8 Å². The molecule has 1 aromatic carbocycles. The van der Waals surface area contributed by atoms with Crippen LogP contribution in [0.2, 0.25) is 0 Å². The summed E-state index contributed by atoms with van der Waals surface area (Å²) in [5.74, 6) is 0.337. The Kier molecular flexibility index (Phi) is 4.35. The molecule has 0 heterocycles. The average molecular weight is 251 g/mol. The highest BCUT2D eigenvalue weighted by atomic mass is 32.2. The number of phenolic OH excluding ortho intramolecular Hbond substituents is 1. The van der Waals surface area contributed by atoms with E-state index in [2.05, 4.69) is 18.5 Å². The lowest BCUT2D eigenvalue weighted by molar-refractivity contribution is 0.463. The van der Waals surface area contributed by atoms with Crippen molar-refractivity contribution in [1.82, 2.24) is 5.32 Å². The van der Waals surface area contributed by atoms with Crippen LogP contribution in [0.1, 0.15) is 37.8 Å². The first-order valence-corrected chi connectivity index (χ1v) is 7.57. The summed E-state index contributed by atoms with van der Waals surface area (Å²) in [6, 6.07) is 8.50. The molecule has 3 heteroatoms. The van der Waals surface area contributed by atoms with Crippen LogP contribution in [0.15, 0.2) is 24.3 Å². The lowest BCUT2D eigenvalue weighted by Crippen LogP contribution is -2.35. The molecule has 0 amide bonds. The number of rotatable bonds is 4. The lowest BCUT2D eigenvalue weighted by atomic mass is 10.1. The van der Waals surface area contributed by atoms with Crippen molar-refractivity contribution >= 4 is 11.8 Å². The molecule has 3 unspecified atom stereocenters. The van der Waals surface area contributed by atoms with E-state index < -0.39 is 0 Å². The molecule has 2 nitrogen and oxygen atoms in total. The fourth-order valence-corrected chi connectivity index (χ4v) is 3.52. The monoisotopic (exact) mass is 251 g/mol. The number of phenols is 1. The van der Waals surface area contributed by atoms with E-state index in [-0.39, 0.29) is 0 Å². The largest absolute Gasteiger partial charge is 0.508 e. The highest BCUT2D eigenvalue weighted by Gasteiger charge is 2.27. The van der Waals surface area contributed by atoms with Crippen LogP contribution < -0.4 is 5.32 Å². The maximum atomic E-state index is 9.28. The Morgan fingerprint density at radius 2 is 2.00 bits per heavy atom. The molecule has 1 saturated carbocycles. The maximum absolute atomic E-state index is 9.28. The van der Waals surface area contributed by atoms with Crippen LogP contribution in [-0.4, -0.2) is 22.7 Å². The lowest BCUT2D eigenvalue weighted by Gasteiger charge is -2.24. The van der Waals surface area contributed by atoms with Crippen LogP contribution in [0.4, 0.5) is 0 Å². The summed E-state index contributed by atoms with van der Waals surface area (Å²) in [5.41, 5.74) is 1.24. The van der Waals surface area contributed by atoms with Gasteiger partial charge in [-0.05, 0) is 43.7 Å². The standard InChI is InChI=1S/C14H21NOS/c1-10(11-6-8-12(16)9-7-11)15-13-4-3-5-14(13)17-2/h6-10,13-16H,3-5H2,1-2H3. The topological polar surface area (TPSA) is 32.3 Å². The van der Waals surface area contributed by atoms with Gasteiger partial charge in [0.15, 0.2) is 0 Å². The minimum atomic E-state index is 0.337. The molecule has 0 aromatic heterocycles. The Bertz CT molecular complexity index is 352. The van der Waals surface area contributed by atoms with Gasteiger partial charge in [-0.2, -0.15) is 11.8 Å². The summed E-state index contributed by atoms with van der Waals surface area (Å²) in [4.78, 5) is 0. The smallest absolute Gasteiger partial charge is 0.115 e. The van der Waals surface area contributed by atoms with Gasteiger partial charge in [0.2, 0.25) is 0 Å². The van der Waals surface area contributed by atoms with Gasteiger partial charge in [-0.25, -0.2) is 0 Å². The van der Waals surface area contributed by atoms with Crippen LogP contribution in [-0.2, 0) is 0 Å². The summed E-state index contributed by atoms with van der Waals surface area (Å²) in [5, 5.41) is 13.8. The van der Waals surface area contributed by atoms with Crippen LogP contribution in [0, 0.1) is 0 Å². The number of nitrogens with one attached hydrogen (secondary N) is 1. The SMILES string of the molecule is CSC1CCCC1NC(C)c1ccc(O)cc1. The highest BCUT2D eigenvalue weighted by Crippen LogP contribution is 2.30. The third-order valence-corrected chi connectivity index (χ3v) is 4.78. The zero-order valence-corrected chi connectivity index (χ0v) is 11.3. The summed E-state index contributed by atoms with van der Waals surface area (Å²) >= 11 is 1.98. The van der Waals surface area contributed by atoms with Gasteiger partial charge in [0.05, 0.1) is 0 Å². The molecule has 0 aliphatic heterocycles. The van der Waals surface area contributed by atoms with E-state index in [1.807, 2.05) is 23.9 Å². The fourth-order valence-electron chi connectivity index (χ4n) is 2.58. The molecule has 1 aliphatic rings. The predicted octanol–water partition coefficient (Wildman–Crippen LogP) is 3.33. The first kappa shape index (κ1) is 12.8. The van der Waals surface area contributed by atoms with Crippen LogP contribution in [0.5, 0.6) is 5.75 Å². The van der Waals surface area contributed by atoms with Gasteiger partial charge in [0, 0.05) is 17.3 Å². The molecule has 3 atom stereocenters. The van der Waals surface area contributed by atoms with Gasteiger partial charge in [-0.15, -0.1) is 0 Å². The summed E-state index contributed by atoms with van der Waals surface area (Å²) in [7, 11) is 0. The average Bonchev–Trinajstić information content (AvgIpc) is 2.77. The van der Waals surface area contributed by atoms with Crippen LogP contribution in [0.25, 0.3) is 0 Å². The summed E-state index contributed by atoms with van der Waals surface area (Å²) in [6.45, 7) is 2.20. The Hall–Kier alpha value is -0.670. The molecule has 0 bridgehead atoms. The predicted molar refractivity (Wildman–Crippen MR) is 74.6 cm³/mol. The van der Waals surface area contributed by atoms with Gasteiger partial charge < -0.3 is 10.4 Å². The van der Waals surface area contributed by atoms with E-state index in [0.717, 1.165) is 5.25 Å². The molecule has 0 saturated heterocycles. The summed E-state index contributed by atoms with van der Waals surface area (Å²) in [6.07, 6.45) is 6.16. The quantitative estimate of drug-likeness (QED) is 0.861. The molecule has 2 N–H and O–H groups in total. The van der Waals surface area contributed by atoms with Gasteiger partial charge in [0.1, 0.15) is 5.75 Å². The molecule has 1 aliphatic carbocycles. The van der Waals surface area contributed by atoms with Crippen LogP contribution in [0.3, 0.4) is 0 Å². The number of benzene rings is 1. The number of hydrogen-bond acceptors (Lipinski definition) is 3. The molecule has 1 fully saturated rings. The Labute approximate surface area is 108 Å².